The van der Waals surface area contributed by atoms with E-state index in [9.17, 15) is 0 Å². The van der Waals surface area contributed by atoms with Crippen molar-refractivity contribution in [3.63, 3.8) is 0 Å². The summed E-state index contributed by atoms with van der Waals surface area (Å²) in [6, 6.07) is 0. The van der Waals surface area contributed by atoms with E-state index in [1.807, 2.05) is 7.05 Å². The van der Waals surface area contributed by atoms with Crippen molar-refractivity contribution in [3.8, 4) is 0 Å². The van der Waals surface area contributed by atoms with Crippen molar-refractivity contribution in [2.45, 2.75) is 25.7 Å². The van der Waals surface area contributed by atoms with Crippen molar-refractivity contribution < 1.29 is 0 Å². The zero-order valence-electron chi connectivity index (χ0n) is 6.68. The number of rotatable bonds is 0. The van der Waals surface area contributed by atoms with Gasteiger partial charge in [0.15, 0.2) is 4.77 Å². The zero-order valence-corrected chi connectivity index (χ0v) is 7.50. The lowest BCUT2D eigenvalue weighted by atomic mass is 10.0. The molecule has 0 bridgehead atoms. The summed E-state index contributed by atoms with van der Waals surface area (Å²) in [5, 5.41) is 0. The van der Waals surface area contributed by atoms with Gasteiger partial charge >= 0.3 is 0 Å². The number of nitrogens with zero attached hydrogens (tertiary/aromatic N) is 1. The van der Waals surface area contributed by atoms with Crippen molar-refractivity contribution in [2.24, 2.45) is 7.05 Å². The van der Waals surface area contributed by atoms with Crippen molar-refractivity contribution in [1.82, 2.24) is 9.55 Å². The number of imidazole rings is 1. The number of fused-ring (bicyclic) bond motifs is 1. The van der Waals surface area contributed by atoms with Gasteiger partial charge in [0.05, 0.1) is 0 Å². The van der Waals surface area contributed by atoms with Crippen LogP contribution in [0.25, 0.3) is 0 Å². The molecular formula is C8H12N2S. The SMILES string of the molecule is Cn1c2c([nH]c1=S)CCCC2. The van der Waals surface area contributed by atoms with E-state index in [1.54, 1.807) is 0 Å². The fourth-order valence-electron chi connectivity index (χ4n) is 1.73. The van der Waals surface area contributed by atoms with Crippen LogP contribution in [0.4, 0.5) is 0 Å². The molecule has 1 aromatic rings. The maximum Gasteiger partial charge on any atom is 0.177 e. The predicted octanol–water partition coefficient (Wildman–Crippen LogP) is 1.96. The summed E-state index contributed by atoms with van der Waals surface area (Å²) in [5.41, 5.74) is 2.78. The van der Waals surface area contributed by atoms with Crippen LogP contribution >= 0.6 is 12.2 Å². The summed E-state index contributed by atoms with van der Waals surface area (Å²) in [4.78, 5) is 3.24. The quantitative estimate of drug-likeness (QED) is 0.587. The predicted molar refractivity (Wildman–Crippen MR) is 47.2 cm³/mol. The zero-order chi connectivity index (χ0) is 7.84. The number of aryl methyl sites for hydroxylation is 1. The number of nitrogens with one attached hydrogen (secondary N) is 1. The summed E-state index contributed by atoms with van der Waals surface area (Å²) >= 11 is 5.13. The third-order valence-corrected chi connectivity index (χ3v) is 2.78. The smallest absolute Gasteiger partial charge is 0.177 e. The minimum absolute atomic E-state index is 0.872. The summed E-state index contributed by atoms with van der Waals surface area (Å²) < 4.78 is 2.97. The minimum atomic E-state index is 0.872. The van der Waals surface area contributed by atoms with Crippen molar-refractivity contribution in [3.05, 3.63) is 16.2 Å². The van der Waals surface area contributed by atoms with Gasteiger partial charge in [0, 0.05) is 18.4 Å². The Morgan fingerprint density at radius 1 is 1.36 bits per heavy atom. The van der Waals surface area contributed by atoms with Gasteiger partial charge in [0.25, 0.3) is 0 Å². The first-order chi connectivity index (χ1) is 5.29. The molecule has 0 radical (unpaired) electrons. The number of aromatic amines is 1. The third-order valence-electron chi connectivity index (χ3n) is 2.41. The first-order valence-corrected chi connectivity index (χ1v) is 4.46. The molecule has 0 atom stereocenters. The van der Waals surface area contributed by atoms with Crippen LogP contribution in [-0.2, 0) is 19.9 Å². The van der Waals surface area contributed by atoms with Gasteiger partial charge in [-0.05, 0) is 37.9 Å². The lowest BCUT2D eigenvalue weighted by Gasteiger charge is -2.10. The fourth-order valence-corrected chi connectivity index (χ4v) is 1.96. The van der Waals surface area contributed by atoms with E-state index >= 15 is 0 Å². The van der Waals surface area contributed by atoms with Gasteiger partial charge in [-0.2, -0.15) is 0 Å². The Bertz CT molecular complexity index is 321. The van der Waals surface area contributed by atoms with Crippen LogP contribution in [0.15, 0.2) is 0 Å². The second-order valence-electron chi connectivity index (χ2n) is 3.12. The van der Waals surface area contributed by atoms with Gasteiger partial charge in [0.1, 0.15) is 0 Å². The van der Waals surface area contributed by atoms with Gasteiger partial charge in [-0.25, -0.2) is 0 Å². The van der Waals surface area contributed by atoms with Crippen molar-refractivity contribution in [2.75, 3.05) is 0 Å². The monoisotopic (exact) mass is 168 g/mol. The highest BCUT2D eigenvalue weighted by Gasteiger charge is 2.12. The van der Waals surface area contributed by atoms with E-state index in [0.717, 1.165) is 4.77 Å². The summed E-state index contributed by atoms with van der Waals surface area (Å²) in [5.74, 6) is 0. The van der Waals surface area contributed by atoms with E-state index < -0.39 is 0 Å². The topological polar surface area (TPSA) is 20.7 Å². The number of hydrogen-bond acceptors (Lipinski definition) is 1. The summed E-state index contributed by atoms with van der Waals surface area (Å²) in [6.07, 6.45) is 4.99. The van der Waals surface area contributed by atoms with Crippen LogP contribution in [0.1, 0.15) is 24.2 Å². The molecule has 1 aliphatic rings. The Kier molecular flexibility index (Phi) is 1.60. The third kappa shape index (κ3) is 1.03. The molecule has 1 heterocycles. The van der Waals surface area contributed by atoms with Gasteiger partial charge < -0.3 is 9.55 Å². The molecule has 0 saturated heterocycles. The maximum atomic E-state index is 5.13. The molecule has 0 unspecified atom stereocenters. The van der Waals surface area contributed by atoms with Gasteiger partial charge in [-0.15, -0.1) is 0 Å². The van der Waals surface area contributed by atoms with E-state index in [1.165, 1.54) is 37.1 Å². The van der Waals surface area contributed by atoms with Crippen LogP contribution in [0.3, 0.4) is 0 Å². The van der Waals surface area contributed by atoms with Crippen LogP contribution in [-0.4, -0.2) is 9.55 Å². The van der Waals surface area contributed by atoms with Crippen LogP contribution in [0.2, 0.25) is 0 Å². The molecule has 0 spiro atoms. The normalized spacial score (nSPS) is 16.5. The van der Waals surface area contributed by atoms with Crippen LogP contribution in [0.5, 0.6) is 0 Å². The Balaban J connectivity index is 2.59. The number of H-pyrrole nitrogens is 1. The molecule has 1 aromatic heterocycles. The van der Waals surface area contributed by atoms with Crippen molar-refractivity contribution in [1.29, 1.82) is 0 Å². The first kappa shape index (κ1) is 7.10. The Morgan fingerprint density at radius 2 is 2.09 bits per heavy atom. The second-order valence-corrected chi connectivity index (χ2v) is 3.51. The standard InChI is InChI=1S/C8H12N2S/c1-10-7-5-3-2-4-6(7)9-8(10)11/h2-5H2,1H3,(H,9,11). The van der Waals surface area contributed by atoms with E-state index in [2.05, 4.69) is 9.55 Å². The second kappa shape index (κ2) is 2.48. The maximum absolute atomic E-state index is 5.13. The molecule has 11 heavy (non-hydrogen) atoms. The molecule has 2 rings (SSSR count). The largest absolute Gasteiger partial charge is 0.334 e. The van der Waals surface area contributed by atoms with E-state index in [-0.39, 0.29) is 0 Å². The van der Waals surface area contributed by atoms with Gasteiger partial charge in [-0.1, -0.05) is 0 Å². The van der Waals surface area contributed by atoms with E-state index in [4.69, 9.17) is 12.2 Å². The lowest BCUT2D eigenvalue weighted by Crippen LogP contribution is -2.05. The molecule has 60 valence electrons. The Hall–Kier alpha value is -0.570. The molecule has 0 fully saturated rings. The molecule has 0 saturated carbocycles. The fraction of sp³-hybridized carbons (Fsp3) is 0.625. The van der Waals surface area contributed by atoms with Crippen LogP contribution < -0.4 is 0 Å². The van der Waals surface area contributed by atoms with E-state index in [0.29, 0.717) is 0 Å². The first-order valence-electron chi connectivity index (χ1n) is 4.06. The molecule has 3 heteroatoms. The van der Waals surface area contributed by atoms with Crippen molar-refractivity contribution >= 4 is 12.2 Å². The molecular weight excluding hydrogens is 156 g/mol. The summed E-state index contributed by atoms with van der Waals surface area (Å²) in [7, 11) is 2.04. The molecule has 1 aliphatic carbocycles. The number of hydrogen-bond donors (Lipinski definition) is 1. The van der Waals surface area contributed by atoms with Crippen LogP contribution in [0, 0.1) is 4.77 Å². The number of aromatic nitrogens is 2. The molecule has 0 aliphatic heterocycles. The highest BCUT2D eigenvalue weighted by Crippen LogP contribution is 2.19. The molecule has 2 nitrogen and oxygen atoms in total. The minimum Gasteiger partial charge on any atom is -0.334 e. The molecule has 0 amide bonds. The highest BCUT2D eigenvalue weighted by atomic mass is 32.1. The average molecular weight is 168 g/mol. The highest BCUT2D eigenvalue weighted by molar-refractivity contribution is 7.71. The molecule has 1 N–H and O–H groups in total. The molecule has 0 aromatic carbocycles. The average Bonchev–Trinajstić information content (AvgIpc) is 2.30. The summed E-state index contributed by atoms with van der Waals surface area (Å²) in [6.45, 7) is 0. The van der Waals surface area contributed by atoms with Gasteiger partial charge in [0.2, 0.25) is 0 Å². The Labute approximate surface area is 71.2 Å². The lowest BCUT2D eigenvalue weighted by molar-refractivity contribution is 0.643. The van der Waals surface area contributed by atoms with Gasteiger partial charge in [-0.3, -0.25) is 0 Å². The Morgan fingerprint density at radius 3 is 2.82 bits per heavy atom.